The molecule has 0 amide bonds. The fourth-order valence-corrected chi connectivity index (χ4v) is 0.827. The van der Waals surface area contributed by atoms with Crippen molar-refractivity contribution < 1.29 is 9.47 Å². The summed E-state index contributed by atoms with van der Waals surface area (Å²) in [6.07, 6.45) is 0.255. The van der Waals surface area contributed by atoms with E-state index in [4.69, 9.17) is 9.47 Å². The van der Waals surface area contributed by atoms with Crippen LogP contribution in [0.25, 0.3) is 0 Å². The molecule has 0 aromatic heterocycles. The predicted octanol–water partition coefficient (Wildman–Crippen LogP) is 1.10. The lowest BCUT2D eigenvalue weighted by Crippen LogP contribution is -2.13. The van der Waals surface area contributed by atoms with Gasteiger partial charge in [0.1, 0.15) is 12.2 Å². The second-order valence-electron chi connectivity index (χ2n) is 1.90. The van der Waals surface area contributed by atoms with Gasteiger partial charge in [-0.1, -0.05) is 0 Å². The molecule has 0 bridgehead atoms. The van der Waals surface area contributed by atoms with Crippen LogP contribution in [0.4, 0.5) is 0 Å². The van der Waals surface area contributed by atoms with Gasteiger partial charge in [0, 0.05) is 12.2 Å². The van der Waals surface area contributed by atoms with Crippen molar-refractivity contribution in [3.63, 3.8) is 0 Å². The van der Waals surface area contributed by atoms with Gasteiger partial charge in [-0.15, -0.1) is 0 Å². The molecule has 0 N–H and O–H groups in total. The Morgan fingerprint density at radius 1 is 1.25 bits per heavy atom. The lowest BCUT2D eigenvalue weighted by Gasteiger charge is -2.01. The highest BCUT2D eigenvalue weighted by Gasteiger charge is 2.25. The van der Waals surface area contributed by atoms with Crippen LogP contribution >= 0.6 is 12.2 Å². The first kappa shape index (κ1) is 5.82. The van der Waals surface area contributed by atoms with E-state index in [9.17, 15) is 0 Å². The van der Waals surface area contributed by atoms with Crippen molar-refractivity contribution >= 4 is 17.5 Å². The summed E-state index contributed by atoms with van der Waals surface area (Å²) in [6, 6.07) is 0. The zero-order valence-electron chi connectivity index (χ0n) is 4.88. The summed E-state index contributed by atoms with van der Waals surface area (Å²) < 4.78 is 9.97. The predicted molar refractivity (Wildman–Crippen MR) is 33.7 cm³/mol. The number of hydrogen-bond acceptors (Lipinski definition) is 3. The van der Waals surface area contributed by atoms with Crippen LogP contribution in [0.3, 0.4) is 0 Å². The SMILES string of the molecule is CC1OC(=S)OC1C. The van der Waals surface area contributed by atoms with Crippen molar-refractivity contribution in [3.8, 4) is 0 Å². The first-order chi connectivity index (χ1) is 3.70. The van der Waals surface area contributed by atoms with Gasteiger partial charge in [0.15, 0.2) is 0 Å². The molecule has 1 fully saturated rings. The molecule has 1 aliphatic rings. The van der Waals surface area contributed by atoms with Crippen LogP contribution in [-0.4, -0.2) is 17.4 Å². The molecule has 0 saturated carbocycles. The molecule has 0 spiro atoms. The Labute approximate surface area is 53.8 Å². The molecule has 2 nitrogen and oxygen atoms in total. The molecule has 46 valence electrons. The molecule has 1 saturated heterocycles. The summed E-state index contributed by atoms with van der Waals surface area (Å²) in [4.78, 5) is 0. The Morgan fingerprint density at radius 2 is 1.62 bits per heavy atom. The number of ether oxygens (including phenoxy) is 2. The third kappa shape index (κ3) is 0.916. The number of hydrogen-bond donors (Lipinski definition) is 0. The van der Waals surface area contributed by atoms with Gasteiger partial charge in [0.2, 0.25) is 0 Å². The van der Waals surface area contributed by atoms with Gasteiger partial charge in [-0.2, -0.15) is 0 Å². The maximum absolute atomic E-state index is 4.98. The molecule has 0 aromatic carbocycles. The summed E-state index contributed by atoms with van der Waals surface area (Å²) in [6.45, 7) is 3.87. The zero-order valence-corrected chi connectivity index (χ0v) is 5.70. The average molecular weight is 132 g/mol. The van der Waals surface area contributed by atoms with Crippen molar-refractivity contribution in [2.75, 3.05) is 0 Å². The van der Waals surface area contributed by atoms with E-state index in [1.165, 1.54) is 0 Å². The lowest BCUT2D eigenvalue weighted by atomic mass is 10.3. The second-order valence-corrected chi connectivity index (χ2v) is 2.23. The molecule has 1 heterocycles. The third-order valence-corrected chi connectivity index (χ3v) is 1.42. The largest absolute Gasteiger partial charge is 0.450 e. The molecule has 1 aliphatic heterocycles. The van der Waals surface area contributed by atoms with Gasteiger partial charge in [0.05, 0.1) is 0 Å². The van der Waals surface area contributed by atoms with Gasteiger partial charge in [-0.25, -0.2) is 0 Å². The fourth-order valence-electron chi connectivity index (χ4n) is 0.523. The quantitative estimate of drug-likeness (QED) is 0.460. The molecule has 3 heteroatoms. The smallest absolute Gasteiger partial charge is 0.353 e. The van der Waals surface area contributed by atoms with Crippen molar-refractivity contribution in [2.45, 2.75) is 26.1 Å². The Hall–Kier alpha value is -0.310. The minimum Gasteiger partial charge on any atom is -0.450 e. The highest BCUT2D eigenvalue weighted by atomic mass is 32.1. The van der Waals surface area contributed by atoms with Gasteiger partial charge < -0.3 is 9.47 Å². The lowest BCUT2D eigenvalue weighted by molar-refractivity contribution is 0.187. The van der Waals surface area contributed by atoms with Crippen molar-refractivity contribution in [1.29, 1.82) is 0 Å². The fraction of sp³-hybridized carbons (Fsp3) is 0.800. The zero-order chi connectivity index (χ0) is 6.15. The Morgan fingerprint density at radius 3 is 1.75 bits per heavy atom. The van der Waals surface area contributed by atoms with Gasteiger partial charge in [-0.3, -0.25) is 0 Å². The third-order valence-electron chi connectivity index (χ3n) is 1.23. The molecule has 2 atom stereocenters. The van der Waals surface area contributed by atoms with Crippen LogP contribution in [0.15, 0.2) is 0 Å². The van der Waals surface area contributed by atoms with E-state index in [1.54, 1.807) is 0 Å². The molecular formula is C5H8O2S. The van der Waals surface area contributed by atoms with E-state index in [2.05, 4.69) is 12.2 Å². The standard InChI is InChI=1S/C5H8O2S/c1-3-4(2)7-5(8)6-3/h3-4H,1-2H3. The Balaban J connectivity index is 2.51. The summed E-state index contributed by atoms with van der Waals surface area (Å²) in [7, 11) is 0. The topological polar surface area (TPSA) is 18.5 Å². The van der Waals surface area contributed by atoms with E-state index < -0.39 is 0 Å². The molecule has 8 heavy (non-hydrogen) atoms. The first-order valence-electron chi connectivity index (χ1n) is 2.57. The number of rotatable bonds is 0. The van der Waals surface area contributed by atoms with E-state index in [-0.39, 0.29) is 17.4 Å². The normalized spacial score (nSPS) is 36.5. The Bertz CT molecular complexity index is 101. The minimum absolute atomic E-state index is 0.127. The maximum Gasteiger partial charge on any atom is 0.353 e. The Kier molecular flexibility index (Phi) is 1.38. The average Bonchev–Trinajstić information content (AvgIpc) is 1.85. The summed E-state index contributed by atoms with van der Waals surface area (Å²) in [5.74, 6) is 0. The van der Waals surface area contributed by atoms with Gasteiger partial charge in [0.25, 0.3) is 0 Å². The van der Waals surface area contributed by atoms with Crippen LogP contribution in [0.1, 0.15) is 13.8 Å². The second kappa shape index (κ2) is 1.90. The minimum atomic E-state index is 0.127. The van der Waals surface area contributed by atoms with Gasteiger partial charge >= 0.3 is 5.24 Å². The highest BCUT2D eigenvalue weighted by molar-refractivity contribution is 7.79. The highest BCUT2D eigenvalue weighted by Crippen LogP contribution is 2.13. The number of thiocarbonyl (C=S) groups is 1. The maximum atomic E-state index is 4.98. The molecule has 1 rings (SSSR count). The van der Waals surface area contributed by atoms with Crippen LogP contribution in [-0.2, 0) is 9.47 Å². The van der Waals surface area contributed by atoms with E-state index in [0.717, 1.165) is 0 Å². The summed E-state index contributed by atoms with van der Waals surface area (Å²) in [5, 5.41) is 0.282. The van der Waals surface area contributed by atoms with Gasteiger partial charge in [-0.05, 0) is 13.8 Å². The first-order valence-corrected chi connectivity index (χ1v) is 2.98. The molecular weight excluding hydrogens is 124 g/mol. The van der Waals surface area contributed by atoms with Crippen LogP contribution in [0.5, 0.6) is 0 Å². The molecule has 0 aliphatic carbocycles. The van der Waals surface area contributed by atoms with E-state index in [0.29, 0.717) is 0 Å². The molecule has 0 radical (unpaired) electrons. The summed E-state index contributed by atoms with van der Waals surface area (Å²) in [5.41, 5.74) is 0. The van der Waals surface area contributed by atoms with Crippen LogP contribution in [0.2, 0.25) is 0 Å². The van der Waals surface area contributed by atoms with Crippen LogP contribution in [0, 0.1) is 0 Å². The van der Waals surface area contributed by atoms with E-state index in [1.807, 2.05) is 13.8 Å². The molecule has 2 unspecified atom stereocenters. The molecule has 0 aromatic rings. The van der Waals surface area contributed by atoms with Crippen molar-refractivity contribution in [1.82, 2.24) is 0 Å². The van der Waals surface area contributed by atoms with Crippen molar-refractivity contribution in [3.05, 3.63) is 0 Å². The van der Waals surface area contributed by atoms with Crippen molar-refractivity contribution in [2.24, 2.45) is 0 Å². The summed E-state index contributed by atoms with van der Waals surface area (Å²) >= 11 is 4.63. The monoisotopic (exact) mass is 132 g/mol. The van der Waals surface area contributed by atoms with Crippen LogP contribution < -0.4 is 0 Å². The van der Waals surface area contributed by atoms with E-state index >= 15 is 0 Å².